The minimum atomic E-state index is 0.781. The van der Waals surface area contributed by atoms with Gasteiger partial charge in [-0.15, -0.1) is 5.10 Å². The fraction of sp³-hybridized carbons (Fsp3) is 0.800. The number of nitrogens with zero attached hydrogens (tertiary/aromatic N) is 5. The number of aromatic nitrogens is 3. The van der Waals surface area contributed by atoms with E-state index in [9.17, 15) is 0 Å². The second-order valence-corrected chi connectivity index (χ2v) is 5.81. The van der Waals surface area contributed by atoms with Gasteiger partial charge in [-0.3, -0.25) is 0 Å². The van der Waals surface area contributed by atoms with E-state index in [1.807, 2.05) is 13.8 Å². The number of unbranched alkanes of at least 4 members (excludes halogenated alkanes) is 2. The summed E-state index contributed by atoms with van der Waals surface area (Å²) in [5.41, 5.74) is 7.43. The standard InChI is InChI=1S/C15H28N6/c1-13-14(2)18-19-15(17-13)21-10-6-9-20(11-12-21)8-5-3-4-7-16/h3-12,16H2,1-2H3. The zero-order chi connectivity index (χ0) is 15.1. The molecule has 0 atom stereocenters. The Hall–Kier alpha value is -1.27. The average molecular weight is 292 g/mol. The molecule has 1 fully saturated rings. The van der Waals surface area contributed by atoms with Crippen LogP contribution in [0.5, 0.6) is 0 Å². The van der Waals surface area contributed by atoms with Crippen LogP contribution in [0.4, 0.5) is 5.95 Å². The molecule has 2 rings (SSSR count). The van der Waals surface area contributed by atoms with Crippen molar-refractivity contribution in [2.75, 3.05) is 44.2 Å². The van der Waals surface area contributed by atoms with Gasteiger partial charge in [-0.05, 0) is 52.7 Å². The van der Waals surface area contributed by atoms with E-state index >= 15 is 0 Å². The highest BCUT2D eigenvalue weighted by Crippen LogP contribution is 2.12. The predicted molar refractivity (Wildman–Crippen MR) is 85.5 cm³/mol. The first-order valence-corrected chi connectivity index (χ1v) is 8.06. The van der Waals surface area contributed by atoms with Gasteiger partial charge in [0.15, 0.2) is 0 Å². The molecule has 0 amide bonds. The number of rotatable bonds is 6. The van der Waals surface area contributed by atoms with E-state index in [0.29, 0.717) is 0 Å². The molecule has 2 N–H and O–H groups in total. The number of aryl methyl sites for hydroxylation is 2. The number of nitrogens with two attached hydrogens (primary N) is 1. The van der Waals surface area contributed by atoms with Crippen molar-refractivity contribution >= 4 is 5.95 Å². The molecule has 0 unspecified atom stereocenters. The molecule has 0 spiro atoms. The molecule has 2 heterocycles. The SMILES string of the molecule is Cc1nnc(N2CCCN(CCCCCN)CC2)nc1C. The van der Waals surface area contributed by atoms with Crippen LogP contribution in [0.3, 0.4) is 0 Å². The maximum atomic E-state index is 5.54. The van der Waals surface area contributed by atoms with Gasteiger partial charge in [0.05, 0.1) is 11.4 Å². The van der Waals surface area contributed by atoms with Gasteiger partial charge in [0.1, 0.15) is 0 Å². The molecule has 0 aliphatic carbocycles. The van der Waals surface area contributed by atoms with Crippen molar-refractivity contribution in [3.05, 3.63) is 11.4 Å². The van der Waals surface area contributed by atoms with Crippen molar-refractivity contribution in [3.8, 4) is 0 Å². The Bertz CT molecular complexity index is 436. The first-order valence-electron chi connectivity index (χ1n) is 8.06. The smallest absolute Gasteiger partial charge is 0.245 e. The molecule has 6 nitrogen and oxygen atoms in total. The van der Waals surface area contributed by atoms with Crippen LogP contribution in [0, 0.1) is 13.8 Å². The summed E-state index contributed by atoms with van der Waals surface area (Å²) in [5.74, 6) is 0.781. The third-order valence-corrected chi connectivity index (χ3v) is 4.13. The van der Waals surface area contributed by atoms with E-state index in [1.54, 1.807) is 0 Å². The normalized spacial score (nSPS) is 17.0. The molecule has 118 valence electrons. The quantitative estimate of drug-likeness (QED) is 0.793. The van der Waals surface area contributed by atoms with Gasteiger partial charge in [-0.2, -0.15) is 5.10 Å². The van der Waals surface area contributed by atoms with E-state index < -0.39 is 0 Å². The minimum Gasteiger partial charge on any atom is -0.338 e. The summed E-state index contributed by atoms with van der Waals surface area (Å²) in [6.45, 7) is 10.2. The Morgan fingerprint density at radius 3 is 2.57 bits per heavy atom. The molecular formula is C15H28N6. The van der Waals surface area contributed by atoms with Crippen LogP contribution in [0.25, 0.3) is 0 Å². The lowest BCUT2D eigenvalue weighted by Gasteiger charge is -2.21. The van der Waals surface area contributed by atoms with Crippen LogP contribution in [0.2, 0.25) is 0 Å². The first-order chi connectivity index (χ1) is 10.2. The molecule has 6 heteroatoms. The Labute approximate surface area is 127 Å². The third kappa shape index (κ3) is 4.89. The first kappa shape index (κ1) is 16.1. The molecule has 0 aromatic carbocycles. The van der Waals surface area contributed by atoms with Gasteiger partial charge in [-0.25, -0.2) is 4.98 Å². The van der Waals surface area contributed by atoms with Crippen LogP contribution < -0.4 is 10.6 Å². The van der Waals surface area contributed by atoms with E-state index in [-0.39, 0.29) is 0 Å². The summed E-state index contributed by atoms with van der Waals surface area (Å²) in [4.78, 5) is 9.38. The van der Waals surface area contributed by atoms with Crippen molar-refractivity contribution in [2.45, 2.75) is 39.5 Å². The fourth-order valence-electron chi connectivity index (χ4n) is 2.63. The zero-order valence-electron chi connectivity index (χ0n) is 13.4. The van der Waals surface area contributed by atoms with Crippen molar-refractivity contribution < 1.29 is 0 Å². The lowest BCUT2D eigenvalue weighted by atomic mass is 10.2. The summed E-state index contributed by atoms with van der Waals surface area (Å²) in [7, 11) is 0. The molecule has 0 bridgehead atoms. The van der Waals surface area contributed by atoms with Crippen molar-refractivity contribution in [2.24, 2.45) is 5.73 Å². The minimum absolute atomic E-state index is 0.781. The number of anilines is 1. The topological polar surface area (TPSA) is 71.2 Å². The van der Waals surface area contributed by atoms with E-state index in [0.717, 1.165) is 62.9 Å². The molecule has 1 aromatic rings. The van der Waals surface area contributed by atoms with Crippen LogP contribution in [0.1, 0.15) is 37.1 Å². The Morgan fingerprint density at radius 1 is 0.952 bits per heavy atom. The summed E-state index contributed by atoms with van der Waals surface area (Å²) in [6.07, 6.45) is 4.79. The molecule has 1 aliphatic heterocycles. The van der Waals surface area contributed by atoms with Gasteiger partial charge < -0.3 is 15.5 Å². The maximum absolute atomic E-state index is 5.54. The van der Waals surface area contributed by atoms with Crippen molar-refractivity contribution in [1.29, 1.82) is 0 Å². The summed E-state index contributed by atoms with van der Waals surface area (Å²) >= 11 is 0. The van der Waals surface area contributed by atoms with Crippen LogP contribution in [0.15, 0.2) is 0 Å². The van der Waals surface area contributed by atoms with Crippen LogP contribution >= 0.6 is 0 Å². The number of hydrogen-bond donors (Lipinski definition) is 1. The second-order valence-electron chi connectivity index (χ2n) is 5.81. The highest BCUT2D eigenvalue weighted by molar-refractivity contribution is 5.30. The third-order valence-electron chi connectivity index (χ3n) is 4.13. The summed E-state index contributed by atoms with van der Waals surface area (Å²) in [6, 6.07) is 0. The predicted octanol–water partition coefficient (Wildman–Crippen LogP) is 1.13. The summed E-state index contributed by atoms with van der Waals surface area (Å²) < 4.78 is 0. The Kier molecular flexibility index (Phi) is 6.32. The molecule has 1 aromatic heterocycles. The van der Waals surface area contributed by atoms with E-state index in [2.05, 4.69) is 25.0 Å². The average Bonchev–Trinajstić information content (AvgIpc) is 2.72. The fourth-order valence-corrected chi connectivity index (χ4v) is 2.63. The molecule has 0 saturated carbocycles. The van der Waals surface area contributed by atoms with Crippen molar-refractivity contribution in [3.63, 3.8) is 0 Å². The van der Waals surface area contributed by atoms with Gasteiger partial charge in [0, 0.05) is 19.6 Å². The van der Waals surface area contributed by atoms with Gasteiger partial charge in [-0.1, -0.05) is 6.42 Å². The zero-order valence-corrected chi connectivity index (χ0v) is 13.4. The Morgan fingerprint density at radius 2 is 1.81 bits per heavy atom. The highest BCUT2D eigenvalue weighted by atomic mass is 15.3. The highest BCUT2D eigenvalue weighted by Gasteiger charge is 2.17. The largest absolute Gasteiger partial charge is 0.338 e. The monoisotopic (exact) mass is 292 g/mol. The van der Waals surface area contributed by atoms with Crippen LogP contribution in [-0.2, 0) is 0 Å². The van der Waals surface area contributed by atoms with Crippen molar-refractivity contribution in [1.82, 2.24) is 20.1 Å². The maximum Gasteiger partial charge on any atom is 0.245 e. The molecule has 1 saturated heterocycles. The molecule has 0 radical (unpaired) electrons. The summed E-state index contributed by atoms with van der Waals surface area (Å²) in [5, 5.41) is 8.44. The van der Waals surface area contributed by atoms with Gasteiger partial charge in [0.2, 0.25) is 5.95 Å². The van der Waals surface area contributed by atoms with Gasteiger partial charge >= 0.3 is 0 Å². The lowest BCUT2D eigenvalue weighted by molar-refractivity contribution is 0.286. The molecular weight excluding hydrogens is 264 g/mol. The van der Waals surface area contributed by atoms with Gasteiger partial charge in [0.25, 0.3) is 0 Å². The van der Waals surface area contributed by atoms with E-state index in [1.165, 1.54) is 19.4 Å². The number of hydrogen-bond acceptors (Lipinski definition) is 6. The lowest BCUT2D eigenvalue weighted by Crippen LogP contribution is -2.32. The molecule has 21 heavy (non-hydrogen) atoms. The van der Waals surface area contributed by atoms with Crippen LogP contribution in [-0.4, -0.2) is 59.3 Å². The second kappa shape index (κ2) is 8.24. The molecule has 1 aliphatic rings. The Balaban J connectivity index is 1.84. The van der Waals surface area contributed by atoms with E-state index in [4.69, 9.17) is 5.73 Å².